The Balaban J connectivity index is 1.50. The average molecular weight is 452 g/mol. The Morgan fingerprint density at radius 2 is 2.03 bits per heavy atom. The van der Waals surface area contributed by atoms with Crippen LogP contribution >= 0.6 is 0 Å². The van der Waals surface area contributed by atoms with E-state index in [9.17, 15) is 24.5 Å². The molecule has 1 saturated heterocycles. The molecule has 12 heteroatoms. The maximum Gasteiger partial charge on any atom is 0.360 e. The molecule has 33 heavy (non-hydrogen) atoms. The minimum absolute atomic E-state index is 0.0555. The summed E-state index contributed by atoms with van der Waals surface area (Å²) in [6, 6.07) is 11.3. The molecule has 1 aliphatic heterocycles. The van der Waals surface area contributed by atoms with Crippen molar-refractivity contribution in [2.24, 2.45) is 5.92 Å². The fraction of sp³-hybridized carbons (Fsp3) is 0.238. The van der Waals surface area contributed by atoms with Crippen LogP contribution in [-0.4, -0.2) is 51.6 Å². The topological polar surface area (TPSA) is 171 Å². The number of urea groups is 1. The van der Waals surface area contributed by atoms with Gasteiger partial charge in [0, 0.05) is 31.4 Å². The number of rotatable bonds is 6. The van der Waals surface area contributed by atoms with Gasteiger partial charge in [0.05, 0.1) is 16.0 Å². The number of H-pyrrole nitrogens is 1. The molecule has 1 aliphatic rings. The molecule has 1 unspecified atom stereocenters. The second kappa shape index (κ2) is 8.94. The quantitative estimate of drug-likeness (QED) is 0.326. The van der Waals surface area contributed by atoms with Crippen molar-refractivity contribution in [2.75, 3.05) is 29.9 Å². The van der Waals surface area contributed by atoms with E-state index in [1.165, 1.54) is 12.1 Å². The zero-order chi connectivity index (χ0) is 23.5. The van der Waals surface area contributed by atoms with E-state index in [0.29, 0.717) is 31.7 Å². The molecular formula is C21H20N6O6. The van der Waals surface area contributed by atoms with Crippen LogP contribution in [0.2, 0.25) is 0 Å². The van der Waals surface area contributed by atoms with Gasteiger partial charge in [0.1, 0.15) is 5.69 Å². The predicted octanol–water partition coefficient (Wildman–Crippen LogP) is 2.18. The molecule has 3 aromatic rings. The highest BCUT2D eigenvalue weighted by Gasteiger charge is 2.29. The van der Waals surface area contributed by atoms with E-state index < -0.39 is 22.1 Å². The molecule has 0 bridgehead atoms. The number of aromatic nitrogens is 2. The van der Waals surface area contributed by atoms with Gasteiger partial charge in [-0.2, -0.15) is 0 Å². The summed E-state index contributed by atoms with van der Waals surface area (Å²) in [5, 5.41) is 26.3. The Bertz CT molecular complexity index is 1290. The van der Waals surface area contributed by atoms with Crippen molar-refractivity contribution in [2.45, 2.75) is 6.42 Å². The van der Waals surface area contributed by atoms with Gasteiger partial charge in [-0.25, -0.2) is 14.6 Å². The van der Waals surface area contributed by atoms with Crippen molar-refractivity contribution in [1.29, 1.82) is 0 Å². The van der Waals surface area contributed by atoms with E-state index in [4.69, 9.17) is 5.11 Å². The summed E-state index contributed by atoms with van der Waals surface area (Å²) < 4.78 is 0. The summed E-state index contributed by atoms with van der Waals surface area (Å²) >= 11 is 0. The summed E-state index contributed by atoms with van der Waals surface area (Å²) in [6.45, 7) is 1.34. The largest absolute Gasteiger partial charge is 0.476 e. The number of nitrogens with zero attached hydrogens (tertiary/aromatic N) is 3. The number of fused-ring (bicyclic) bond motifs is 1. The van der Waals surface area contributed by atoms with Gasteiger partial charge in [0.2, 0.25) is 5.69 Å². The Morgan fingerprint density at radius 1 is 1.27 bits per heavy atom. The number of carboxylic acid groups (broad SMARTS) is 1. The van der Waals surface area contributed by atoms with Gasteiger partial charge in [-0.15, -0.1) is 0 Å². The number of amides is 2. The molecule has 0 radical (unpaired) electrons. The summed E-state index contributed by atoms with van der Waals surface area (Å²) in [7, 11) is 0. The summed E-state index contributed by atoms with van der Waals surface area (Å²) in [5.41, 5.74) is -0.681. The number of aromatic amines is 1. The Kier molecular flexibility index (Phi) is 5.89. The van der Waals surface area contributed by atoms with Crippen LogP contribution in [-0.2, 0) is 0 Å². The Hall–Kier alpha value is -4.48. The normalized spacial score (nSPS) is 15.4. The predicted molar refractivity (Wildman–Crippen MR) is 120 cm³/mol. The number of aromatic carboxylic acids is 1. The lowest BCUT2D eigenvalue weighted by Gasteiger charge is -2.19. The standard InChI is InChI=1S/C21H20N6O6/c28-19-18(20(29)30)24-14-8-16(17(27(32)33)9-15(14)25-19)26-7-6-12(11-26)10-22-21(31)23-13-4-2-1-3-5-13/h1-5,8-9,12H,6-7,10-11H2,(H,25,28)(H,29,30)(H2,22,23,31). The molecular weight excluding hydrogens is 432 g/mol. The SMILES string of the molecule is O=C(NCC1CCN(c2cc3nc(C(=O)O)c(=O)[nH]c3cc2[N+](=O)[O-])C1)Nc1ccccc1. The highest BCUT2D eigenvalue weighted by molar-refractivity contribution is 5.91. The van der Waals surface area contributed by atoms with Crippen LogP contribution < -0.4 is 21.1 Å². The number of hydrogen-bond acceptors (Lipinski definition) is 7. The Morgan fingerprint density at radius 3 is 2.73 bits per heavy atom. The van der Waals surface area contributed by atoms with E-state index in [1.54, 1.807) is 17.0 Å². The smallest absolute Gasteiger partial charge is 0.360 e. The van der Waals surface area contributed by atoms with Crippen molar-refractivity contribution < 1.29 is 19.6 Å². The van der Waals surface area contributed by atoms with Crippen LogP contribution in [0.3, 0.4) is 0 Å². The van der Waals surface area contributed by atoms with E-state index in [-0.39, 0.29) is 34.4 Å². The second-order valence-corrected chi connectivity index (χ2v) is 7.64. The van der Waals surface area contributed by atoms with Crippen LogP contribution in [0.1, 0.15) is 16.9 Å². The lowest BCUT2D eigenvalue weighted by Crippen LogP contribution is -2.34. The maximum atomic E-state index is 12.1. The summed E-state index contributed by atoms with van der Waals surface area (Å²) in [4.78, 5) is 54.3. The van der Waals surface area contributed by atoms with Crippen LogP contribution in [0.25, 0.3) is 11.0 Å². The maximum absolute atomic E-state index is 12.1. The third-order valence-electron chi connectivity index (χ3n) is 5.40. The first-order valence-electron chi connectivity index (χ1n) is 10.1. The molecule has 2 amide bonds. The second-order valence-electron chi connectivity index (χ2n) is 7.64. The number of carbonyl (C=O) groups excluding carboxylic acids is 1. The van der Waals surface area contributed by atoms with Crippen LogP contribution in [0, 0.1) is 16.0 Å². The first-order chi connectivity index (χ1) is 15.8. The average Bonchev–Trinajstić information content (AvgIpc) is 3.26. The fourth-order valence-corrected chi connectivity index (χ4v) is 3.81. The van der Waals surface area contributed by atoms with Crippen molar-refractivity contribution in [1.82, 2.24) is 15.3 Å². The number of hydrogen-bond donors (Lipinski definition) is 4. The number of benzene rings is 2. The van der Waals surface area contributed by atoms with Crippen LogP contribution in [0.15, 0.2) is 47.3 Å². The molecule has 0 aliphatic carbocycles. The molecule has 1 fully saturated rings. The zero-order valence-electron chi connectivity index (χ0n) is 17.3. The Labute approximate surface area is 186 Å². The van der Waals surface area contributed by atoms with Gasteiger partial charge in [-0.1, -0.05) is 18.2 Å². The first-order valence-corrected chi connectivity index (χ1v) is 10.1. The minimum atomic E-state index is -1.49. The molecule has 12 nitrogen and oxygen atoms in total. The van der Waals surface area contributed by atoms with Gasteiger partial charge in [0.25, 0.3) is 11.2 Å². The van der Waals surface area contributed by atoms with Crippen molar-refractivity contribution in [3.05, 3.63) is 68.6 Å². The fourth-order valence-electron chi connectivity index (χ4n) is 3.81. The lowest BCUT2D eigenvalue weighted by molar-refractivity contribution is -0.384. The highest BCUT2D eigenvalue weighted by Crippen LogP contribution is 2.34. The molecule has 1 aromatic heterocycles. The highest BCUT2D eigenvalue weighted by atomic mass is 16.6. The van der Waals surface area contributed by atoms with Crippen molar-refractivity contribution in [3.63, 3.8) is 0 Å². The molecule has 170 valence electrons. The van der Waals surface area contributed by atoms with Crippen molar-refractivity contribution >= 4 is 40.1 Å². The summed E-state index contributed by atoms with van der Waals surface area (Å²) in [6.07, 6.45) is 0.695. The van der Waals surface area contributed by atoms with Gasteiger partial charge < -0.3 is 25.6 Å². The molecule has 2 aromatic carbocycles. The molecule has 2 heterocycles. The van der Waals surface area contributed by atoms with Gasteiger partial charge in [-0.3, -0.25) is 14.9 Å². The van der Waals surface area contributed by atoms with Gasteiger partial charge in [0.15, 0.2) is 0 Å². The van der Waals surface area contributed by atoms with Crippen LogP contribution in [0.4, 0.5) is 21.9 Å². The number of anilines is 2. The van der Waals surface area contributed by atoms with E-state index >= 15 is 0 Å². The molecule has 0 spiro atoms. The van der Waals surface area contributed by atoms with Crippen molar-refractivity contribution in [3.8, 4) is 0 Å². The lowest BCUT2D eigenvalue weighted by atomic mass is 10.1. The number of para-hydroxylation sites is 1. The van der Waals surface area contributed by atoms with Gasteiger partial charge in [-0.05, 0) is 30.5 Å². The number of carbonyl (C=O) groups is 2. The molecule has 4 rings (SSSR count). The van der Waals surface area contributed by atoms with E-state index in [0.717, 1.165) is 0 Å². The third kappa shape index (κ3) is 4.74. The summed E-state index contributed by atoms with van der Waals surface area (Å²) in [5.74, 6) is -1.43. The molecule has 0 saturated carbocycles. The number of nitro groups is 1. The zero-order valence-corrected chi connectivity index (χ0v) is 17.3. The number of carboxylic acids is 1. The molecule has 1 atom stereocenters. The van der Waals surface area contributed by atoms with Gasteiger partial charge >= 0.3 is 12.0 Å². The number of nitro benzene ring substituents is 1. The van der Waals surface area contributed by atoms with E-state index in [2.05, 4.69) is 20.6 Å². The van der Waals surface area contributed by atoms with Crippen LogP contribution in [0.5, 0.6) is 0 Å². The monoisotopic (exact) mass is 452 g/mol. The van der Waals surface area contributed by atoms with E-state index in [1.807, 2.05) is 18.2 Å². The molecule has 4 N–H and O–H groups in total. The first kappa shape index (κ1) is 21.7. The number of nitrogens with one attached hydrogen (secondary N) is 3. The third-order valence-corrected chi connectivity index (χ3v) is 5.40. The minimum Gasteiger partial charge on any atom is -0.476 e.